The average molecular weight is 240 g/mol. The first-order valence-electron chi connectivity index (χ1n) is 6.07. The van der Waals surface area contributed by atoms with E-state index in [2.05, 4.69) is 24.3 Å². The van der Waals surface area contributed by atoms with Crippen LogP contribution in [-0.2, 0) is 17.6 Å². The van der Waals surface area contributed by atoms with E-state index in [9.17, 15) is 4.79 Å². The van der Waals surface area contributed by atoms with Crippen LogP contribution in [0.4, 0.5) is 0 Å². The lowest BCUT2D eigenvalue weighted by Crippen LogP contribution is -1.98. The number of hydrogen-bond acceptors (Lipinski definition) is 1. The van der Waals surface area contributed by atoms with E-state index in [-0.39, 0.29) is 6.42 Å². The van der Waals surface area contributed by atoms with Gasteiger partial charge in [-0.05, 0) is 29.5 Å². The summed E-state index contributed by atoms with van der Waals surface area (Å²) in [5.41, 5.74) is 3.59. The lowest BCUT2D eigenvalue weighted by atomic mass is 10.0. The lowest BCUT2D eigenvalue weighted by Gasteiger charge is -2.05. The number of aliphatic carboxylic acids is 1. The first-order valence-corrected chi connectivity index (χ1v) is 6.07. The molecule has 0 spiro atoms. The predicted octanol–water partition coefficient (Wildman–Crippen LogP) is 3.29. The first kappa shape index (κ1) is 12.4. The Kier molecular flexibility index (Phi) is 4.13. The van der Waals surface area contributed by atoms with Crippen LogP contribution in [0.3, 0.4) is 0 Å². The molecule has 0 unspecified atom stereocenters. The van der Waals surface area contributed by atoms with Crippen LogP contribution in [-0.4, -0.2) is 11.1 Å². The van der Waals surface area contributed by atoms with Crippen LogP contribution in [0.1, 0.15) is 23.1 Å². The van der Waals surface area contributed by atoms with Crippen molar-refractivity contribution in [3.63, 3.8) is 0 Å². The van der Waals surface area contributed by atoms with Crippen molar-refractivity contribution in [2.24, 2.45) is 0 Å². The Balaban J connectivity index is 2.05. The van der Waals surface area contributed by atoms with Crippen molar-refractivity contribution >= 4 is 5.97 Å². The molecule has 0 fully saturated rings. The van der Waals surface area contributed by atoms with Crippen molar-refractivity contribution in [3.05, 3.63) is 71.3 Å². The molecule has 0 saturated heterocycles. The summed E-state index contributed by atoms with van der Waals surface area (Å²) < 4.78 is 0. The molecule has 0 radical (unpaired) electrons. The van der Waals surface area contributed by atoms with Crippen LogP contribution in [0, 0.1) is 0 Å². The zero-order valence-corrected chi connectivity index (χ0v) is 10.2. The maximum Gasteiger partial charge on any atom is 0.303 e. The first-order chi connectivity index (χ1) is 8.74. The minimum Gasteiger partial charge on any atom is -0.481 e. The molecule has 0 saturated carbocycles. The normalized spacial score (nSPS) is 10.2. The summed E-state index contributed by atoms with van der Waals surface area (Å²) in [6.45, 7) is 0. The number of rotatable bonds is 5. The van der Waals surface area contributed by atoms with Gasteiger partial charge in [-0.1, -0.05) is 54.6 Å². The Bertz CT molecular complexity index is 518. The second kappa shape index (κ2) is 6.01. The highest BCUT2D eigenvalue weighted by molar-refractivity contribution is 5.67. The third-order valence-electron chi connectivity index (χ3n) is 2.87. The number of carboxylic acids is 1. The average Bonchev–Trinajstić information content (AvgIpc) is 2.38. The lowest BCUT2D eigenvalue weighted by molar-refractivity contribution is -0.136. The van der Waals surface area contributed by atoms with Crippen LogP contribution in [0.25, 0.3) is 0 Å². The third-order valence-corrected chi connectivity index (χ3v) is 2.87. The monoisotopic (exact) mass is 240 g/mol. The Hall–Kier alpha value is -2.09. The number of benzene rings is 2. The van der Waals surface area contributed by atoms with Gasteiger partial charge in [-0.3, -0.25) is 4.79 Å². The maximum atomic E-state index is 10.5. The standard InChI is InChI=1S/C16H16O2/c17-16(18)10-9-14-7-4-8-15(12-14)11-13-5-2-1-3-6-13/h1-8,12H,9-11H2,(H,17,18). The molecule has 2 aromatic carbocycles. The van der Waals surface area contributed by atoms with Crippen LogP contribution in [0.15, 0.2) is 54.6 Å². The molecule has 0 aliphatic carbocycles. The third kappa shape index (κ3) is 3.74. The molecule has 1 N–H and O–H groups in total. The van der Waals surface area contributed by atoms with E-state index in [1.165, 1.54) is 11.1 Å². The topological polar surface area (TPSA) is 37.3 Å². The van der Waals surface area contributed by atoms with Crippen molar-refractivity contribution in [2.45, 2.75) is 19.3 Å². The fraction of sp³-hybridized carbons (Fsp3) is 0.188. The van der Waals surface area contributed by atoms with E-state index < -0.39 is 5.97 Å². The number of carbonyl (C=O) groups is 1. The minimum absolute atomic E-state index is 0.189. The fourth-order valence-corrected chi connectivity index (χ4v) is 1.98. The van der Waals surface area contributed by atoms with E-state index in [0.717, 1.165) is 12.0 Å². The summed E-state index contributed by atoms with van der Waals surface area (Å²) in [6, 6.07) is 18.4. The quantitative estimate of drug-likeness (QED) is 0.870. The molecule has 2 heteroatoms. The summed E-state index contributed by atoms with van der Waals surface area (Å²) in [5.74, 6) is -0.747. The van der Waals surface area contributed by atoms with Gasteiger partial charge in [0.25, 0.3) is 0 Å². The zero-order chi connectivity index (χ0) is 12.8. The molecule has 2 rings (SSSR count). The Labute approximate surface area is 107 Å². The van der Waals surface area contributed by atoms with Gasteiger partial charge in [-0.2, -0.15) is 0 Å². The van der Waals surface area contributed by atoms with Gasteiger partial charge < -0.3 is 5.11 Å². The second-order valence-corrected chi connectivity index (χ2v) is 4.38. The molecule has 92 valence electrons. The molecular formula is C16H16O2. The van der Waals surface area contributed by atoms with Crippen molar-refractivity contribution in [3.8, 4) is 0 Å². The highest BCUT2D eigenvalue weighted by atomic mass is 16.4. The van der Waals surface area contributed by atoms with Crippen molar-refractivity contribution in [1.82, 2.24) is 0 Å². The van der Waals surface area contributed by atoms with Crippen LogP contribution >= 0.6 is 0 Å². The summed E-state index contributed by atoms with van der Waals surface area (Å²) in [4.78, 5) is 10.5. The van der Waals surface area contributed by atoms with Gasteiger partial charge in [0, 0.05) is 6.42 Å². The van der Waals surface area contributed by atoms with Crippen LogP contribution in [0.2, 0.25) is 0 Å². The van der Waals surface area contributed by atoms with Gasteiger partial charge in [0.2, 0.25) is 0 Å². The van der Waals surface area contributed by atoms with Gasteiger partial charge in [0.15, 0.2) is 0 Å². The number of aryl methyl sites for hydroxylation is 1. The van der Waals surface area contributed by atoms with Gasteiger partial charge in [0.1, 0.15) is 0 Å². The van der Waals surface area contributed by atoms with Gasteiger partial charge >= 0.3 is 5.97 Å². The summed E-state index contributed by atoms with van der Waals surface area (Å²) in [7, 11) is 0. The molecule has 0 amide bonds. The highest BCUT2D eigenvalue weighted by Crippen LogP contribution is 2.12. The molecule has 2 nitrogen and oxygen atoms in total. The molecule has 0 bridgehead atoms. The van der Waals surface area contributed by atoms with Crippen LogP contribution < -0.4 is 0 Å². The smallest absolute Gasteiger partial charge is 0.303 e. The zero-order valence-electron chi connectivity index (χ0n) is 10.2. The van der Waals surface area contributed by atoms with E-state index >= 15 is 0 Å². The van der Waals surface area contributed by atoms with Crippen LogP contribution in [0.5, 0.6) is 0 Å². The SMILES string of the molecule is O=C(O)CCc1cccc(Cc2ccccc2)c1. The van der Waals surface area contributed by atoms with Crippen molar-refractivity contribution in [2.75, 3.05) is 0 Å². The predicted molar refractivity (Wildman–Crippen MR) is 71.6 cm³/mol. The molecule has 0 aliphatic rings. The van der Waals surface area contributed by atoms with E-state index in [1.54, 1.807) is 0 Å². The molecule has 18 heavy (non-hydrogen) atoms. The molecule has 0 atom stereocenters. The van der Waals surface area contributed by atoms with E-state index in [0.29, 0.717) is 6.42 Å². The Morgan fingerprint density at radius 1 is 0.889 bits per heavy atom. The fourth-order valence-electron chi connectivity index (χ4n) is 1.98. The molecular weight excluding hydrogens is 224 g/mol. The molecule has 0 heterocycles. The Morgan fingerprint density at radius 3 is 2.28 bits per heavy atom. The second-order valence-electron chi connectivity index (χ2n) is 4.38. The van der Waals surface area contributed by atoms with Crippen molar-refractivity contribution < 1.29 is 9.90 Å². The largest absolute Gasteiger partial charge is 0.481 e. The summed E-state index contributed by atoms with van der Waals surface area (Å²) in [5, 5.41) is 8.68. The van der Waals surface area contributed by atoms with E-state index in [1.807, 2.05) is 30.3 Å². The minimum atomic E-state index is -0.747. The molecule has 0 aliphatic heterocycles. The van der Waals surface area contributed by atoms with Gasteiger partial charge in [-0.15, -0.1) is 0 Å². The van der Waals surface area contributed by atoms with E-state index in [4.69, 9.17) is 5.11 Å². The number of hydrogen-bond donors (Lipinski definition) is 1. The summed E-state index contributed by atoms with van der Waals surface area (Å²) in [6.07, 6.45) is 1.68. The summed E-state index contributed by atoms with van der Waals surface area (Å²) >= 11 is 0. The molecule has 2 aromatic rings. The van der Waals surface area contributed by atoms with Gasteiger partial charge in [0.05, 0.1) is 0 Å². The Morgan fingerprint density at radius 2 is 1.56 bits per heavy atom. The highest BCUT2D eigenvalue weighted by Gasteiger charge is 2.01. The van der Waals surface area contributed by atoms with Crippen molar-refractivity contribution in [1.29, 1.82) is 0 Å². The van der Waals surface area contributed by atoms with Gasteiger partial charge in [-0.25, -0.2) is 0 Å². The molecule has 0 aromatic heterocycles. The maximum absolute atomic E-state index is 10.5. The number of carboxylic acid groups (broad SMARTS) is 1.